The number of rotatable bonds is 3. The molecule has 2 saturated heterocycles. The minimum Gasteiger partial charge on any atom is -0.367 e. The number of benzene rings is 1. The lowest BCUT2D eigenvalue weighted by Crippen LogP contribution is -2.42. The van der Waals surface area contributed by atoms with Gasteiger partial charge in [0.15, 0.2) is 4.91 Å². The van der Waals surface area contributed by atoms with Gasteiger partial charge >= 0.3 is 0 Å². The van der Waals surface area contributed by atoms with Crippen molar-refractivity contribution in [3.8, 4) is 0 Å². The van der Waals surface area contributed by atoms with E-state index in [9.17, 15) is 18.0 Å². The third kappa shape index (κ3) is 3.78. The average Bonchev–Trinajstić information content (AvgIpc) is 3.16. The Balaban J connectivity index is 1.87. The van der Waals surface area contributed by atoms with Crippen molar-refractivity contribution in [2.45, 2.75) is 51.4 Å². The predicted octanol–water partition coefficient (Wildman–Crippen LogP) is 3.36. The fourth-order valence-electron chi connectivity index (χ4n) is 4.57. The van der Waals surface area contributed by atoms with Crippen LogP contribution in [0, 0.1) is 0 Å². The maximum atomic E-state index is 13.7. The first-order valence-corrected chi connectivity index (χ1v) is 12.1. The fraction of sp³-hybridized carbons (Fsp3) is 0.545. The molecule has 0 saturated carbocycles. The van der Waals surface area contributed by atoms with Crippen LogP contribution in [0.2, 0.25) is 0 Å². The summed E-state index contributed by atoms with van der Waals surface area (Å²) in [6.07, 6.45) is 7.43. The second-order valence-corrected chi connectivity index (χ2v) is 9.98. The van der Waals surface area contributed by atoms with E-state index in [0.717, 1.165) is 51.4 Å². The van der Waals surface area contributed by atoms with E-state index in [4.69, 9.17) is 0 Å². The monoisotopic (exact) mass is 416 g/mol. The van der Waals surface area contributed by atoms with Gasteiger partial charge in [0.2, 0.25) is 21.6 Å². The van der Waals surface area contributed by atoms with Crippen molar-refractivity contribution in [3.63, 3.8) is 0 Å². The van der Waals surface area contributed by atoms with Gasteiger partial charge in [0.05, 0.1) is 0 Å². The molecule has 0 radical (unpaired) electrons. The van der Waals surface area contributed by atoms with Crippen LogP contribution < -0.4 is 0 Å². The highest BCUT2D eigenvalue weighted by Crippen LogP contribution is 2.34. The summed E-state index contributed by atoms with van der Waals surface area (Å²) in [7, 11) is -4.04. The van der Waals surface area contributed by atoms with Crippen molar-refractivity contribution in [2.75, 3.05) is 26.2 Å². The van der Waals surface area contributed by atoms with Gasteiger partial charge in [-0.15, -0.1) is 0 Å². The molecule has 29 heavy (non-hydrogen) atoms. The molecule has 0 bridgehead atoms. The van der Waals surface area contributed by atoms with Crippen molar-refractivity contribution in [1.29, 1.82) is 0 Å². The van der Waals surface area contributed by atoms with Crippen LogP contribution in [0.25, 0.3) is 0 Å². The summed E-state index contributed by atoms with van der Waals surface area (Å²) in [5, 5.41) is 0. The molecule has 2 fully saturated rings. The van der Waals surface area contributed by atoms with Crippen LogP contribution >= 0.6 is 0 Å². The average molecular weight is 417 g/mol. The highest BCUT2D eigenvalue weighted by Gasteiger charge is 2.43. The molecule has 0 atom stereocenters. The van der Waals surface area contributed by atoms with Crippen molar-refractivity contribution in [1.82, 2.24) is 9.21 Å². The van der Waals surface area contributed by atoms with E-state index in [0.29, 0.717) is 31.7 Å². The van der Waals surface area contributed by atoms with Crippen LogP contribution in [-0.2, 0) is 10.0 Å². The van der Waals surface area contributed by atoms with Gasteiger partial charge in [-0.1, -0.05) is 49.9 Å². The molecule has 0 amide bonds. The first-order chi connectivity index (χ1) is 14.0. The van der Waals surface area contributed by atoms with Gasteiger partial charge in [0.25, 0.3) is 0 Å². The van der Waals surface area contributed by atoms with E-state index < -0.39 is 15.8 Å². The minimum atomic E-state index is -4.04. The number of hydrogen-bond acceptors (Lipinski definition) is 5. The molecule has 3 aliphatic rings. The third-order valence-electron chi connectivity index (χ3n) is 6.14. The molecule has 1 aromatic carbocycles. The standard InChI is InChI=1S/C22H28N2O4S/c25-20-17-11-5-6-12-18(17)21(26)22(19(20)23-13-7-1-2-8-14-23)29(27,28)24-15-9-3-4-10-16-24/h5-6,11-12H,1-4,7-10,13-16H2. The minimum absolute atomic E-state index is 0.0971. The maximum Gasteiger partial charge on any atom is 0.249 e. The second kappa shape index (κ2) is 8.40. The van der Waals surface area contributed by atoms with E-state index in [1.807, 2.05) is 4.90 Å². The SMILES string of the molecule is O=C1C(N2CCCCCC2)=C(S(=O)(=O)N2CCCCCC2)C(=O)c2ccccc21. The van der Waals surface area contributed by atoms with Crippen molar-refractivity contribution >= 4 is 21.6 Å². The van der Waals surface area contributed by atoms with E-state index >= 15 is 0 Å². The van der Waals surface area contributed by atoms with Gasteiger partial charge in [-0.3, -0.25) is 9.59 Å². The summed E-state index contributed by atoms with van der Waals surface area (Å²) in [5.41, 5.74) is 0.607. The van der Waals surface area contributed by atoms with Crippen molar-refractivity contribution < 1.29 is 18.0 Å². The molecule has 0 N–H and O–H groups in total. The van der Waals surface area contributed by atoms with Gasteiger partial charge < -0.3 is 4.90 Å². The Labute approximate surface area is 172 Å². The number of nitrogens with zero attached hydrogens (tertiary/aromatic N) is 2. The Kier molecular flexibility index (Phi) is 5.88. The zero-order chi connectivity index (χ0) is 20.4. The highest BCUT2D eigenvalue weighted by atomic mass is 32.2. The van der Waals surface area contributed by atoms with Crippen molar-refractivity contribution in [3.05, 3.63) is 46.0 Å². The molecule has 1 aromatic rings. The number of carbonyl (C=O) groups is 2. The topological polar surface area (TPSA) is 74.8 Å². The number of carbonyl (C=O) groups excluding carboxylic acids is 2. The molecule has 0 aromatic heterocycles. The third-order valence-corrected chi connectivity index (χ3v) is 8.08. The lowest BCUT2D eigenvalue weighted by Gasteiger charge is -2.32. The van der Waals surface area contributed by atoms with Gasteiger partial charge in [0.1, 0.15) is 5.70 Å². The molecule has 156 valence electrons. The second-order valence-electron chi connectivity index (χ2n) is 8.10. The lowest BCUT2D eigenvalue weighted by molar-refractivity contribution is 0.0946. The number of sulfonamides is 1. The molecule has 0 spiro atoms. The first kappa shape index (κ1) is 20.3. The Bertz CT molecular complexity index is 935. The quantitative estimate of drug-likeness (QED) is 0.755. The van der Waals surface area contributed by atoms with Gasteiger partial charge in [-0.05, 0) is 25.7 Å². The van der Waals surface area contributed by atoms with Crippen LogP contribution in [-0.4, -0.2) is 55.4 Å². The van der Waals surface area contributed by atoms with Crippen LogP contribution in [0.4, 0.5) is 0 Å². The molecule has 7 heteroatoms. The largest absolute Gasteiger partial charge is 0.367 e. The molecular weight excluding hydrogens is 388 g/mol. The number of allylic oxidation sites excluding steroid dienone is 2. The Morgan fingerprint density at radius 1 is 0.655 bits per heavy atom. The maximum absolute atomic E-state index is 13.7. The summed E-state index contributed by atoms with van der Waals surface area (Å²) >= 11 is 0. The van der Waals surface area contributed by atoms with Crippen LogP contribution in [0.15, 0.2) is 34.9 Å². The molecule has 4 rings (SSSR count). The number of Topliss-reactive ketones (excluding diaryl/α,β-unsaturated/α-hetero) is 2. The van der Waals surface area contributed by atoms with E-state index in [-0.39, 0.29) is 21.9 Å². The van der Waals surface area contributed by atoms with Gasteiger partial charge in [-0.25, -0.2) is 8.42 Å². The number of fused-ring (bicyclic) bond motifs is 1. The van der Waals surface area contributed by atoms with E-state index in [2.05, 4.69) is 0 Å². The number of ketones is 2. The Hall–Kier alpha value is -1.99. The summed E-state index contributed by atoms with van der Waals surface area (Å²) in [4.78, 5) is 28.4. The highest BCUT2D eigenvalue weighted by molar-refractivity contribution is 7.94. The van der Waals surface area contributed by atoms with Crippen LogP contribution in [0.1, 0.15) is 72.1 Å². The summed E-state index contributed by atoms with van der Waals surface area (Å²) < 4.78 is 28.8. The molecule has 6 nitrogen and oxygen atoms in total. The van der Waals surface area contributed by atoms with Crippen LogP contribution in [0.3, 0.4) is 0 Å². The summed E-state index contributed by atoms with van der Waals surface area (Å²) in [5.74, 6) is -0.876. The van der Waals surface area contributed by atoms with Crippen LogP contribution in [0.5, 0.6) is 0 Å². The summed E-state index contributed by atoms with van der Waals surface area (Å²) in [6.45, 7) is 2.02. The summed E-state index contributed by atoms with van der Waals surface area (Å²) in [6, 6.07) is 6.59. The van der Waals surface area contributed by atoms with E-state index in [1.165, 1.54) is 4.31 Å². The van der Waals surface area contributed by atoms with Crippen molar-refractivity contribution in [2.24, 2.45) is 0 Å². The zero-order valence-electron chi connectivity index (χ0n) is 16.7. The Morgan fingerprint density at radius 3 is 1.69 bits per heavy atom. The molecule has 0 unspecified atom stereocenters. The first-order valence-electron chi connectivity index (χ1n) is 10.7. The lowest BCUT2D eigenvalue weighted by atomic mass is 9.91. The zero-order valence-corrected chi connectivity index (χ0v) is 17.5. The molecule has 2 aliphatic heterocycles. The van der Waals surface area contributed by atoms with E-state index in [1.54, 1.807) is 24.3 Å². The van der Waals surface area contributed by atoms with Gasteiger partial charge in [-0.2, -0.15) is 4.31 Å². The molecule has 2 heterocycles. The molecule has 1 aliphatic carbocycles. The fourth-order valence-corrected chi connectivity index (χ4v) is 6.38. The molecular formula is C22H28N2O4S. The number of likely N-dealkylation sites (tertiary alicyclic amines) is 1. The number of hydrogen-bond donors (Lipinski definition) is 0. The van der Waals surface area contributed by atoms with Gasteiger partial charge in [0, 0.05) is 37.3 Å². The predicted molar refractivity (Wildman–Crippen MR) is 111 cm³/mol. The smallest absolute Gasteiger partial charge is 0.249 e. The Morgan fingerprint density at radius 2 is 1.14 bits per heavy atom. The normalized spacial score (nSPS) is 22.3.